The molecule has 0 aromatic heterocycles. The van der Waals surface area contributed by atoms with E-state index < -0.39 is 0 Å². The number of rotatable bonds is 1. The standard InChI is InChI=1S/C5H8.C4H10.3C2H6/c1-5-3-2-4-5;1-3-4-2;3*1-2/h2-3,5H,4H2,1H3;3-4H2,1-2H3;3*1-2H3/t5-;;;;/m0..../s1. The molecule has 1 rings (SSSR count). The zero-order chi connectivity index (χ0) is 13.1. The summed E-state index contributed by atoms with van der Waals surface area (Å²) < 4.78 is 0. The van der Waals surface area contributed by atoms with Crippen LogP contribution in [0.5, 0.6) is 0 Å². The topological polar surface area (TPSA) is 0 Å². The zero-order valence-corrected chi connectivity index (χ0v) is 12.9. The third kappa shape index (κ3) is 41.7. The molecule has 0 radical (unpaired) electrons. The molecule has 0 aliphatic heterocycles. The van der Waals surface area contributed by atoms with Gasteiger partial charge < -0.3 is 0 Å². The molecular weight excluding hydrogens is 180 g/mol. The molecule has 15 heavy (non-hydrogen) atoms. The van der Waals surface area contributed by atoms with Crippen LogP contribution in [0.1, 0.15) is 81.6 Å². The van der Waals surface area contributed by atoms with Crippen molar-refractivity contribution in [1.82, 2.24) is 0 Å². The summed E-state index contributed by atoms with van der Waals surface area (Å²) in [6.45, 7) is 18.6. The molecule has 0 saturated carbocycles. The molecule has 0 spiro atoms. The lowest BCUT2D eigenvalue weighted by Crippen LogP contribution is -1.93. The highest BCUT2D eigenvalue weighted by Crippen LogP contribution is 2.13. The Morgan fingerprint density at radius 2 is 1.07 bits per heavy atom. The predicted octanol–water partition coefficient (Wildman–Crippen LogP) is 6.47. The molecule has 0 aromatic rings. The second-order valence-electron chi connectivity index (χ2n) is 2.64. The van der Waals surface area contributed by atoms with E-state index in [4.69, 9.17) is 0 Å². The van der Waals surface area contributed by atoms with Crippen molar-refractivity contribution in [3.05, 3.63) is 12.2 Å². The Morgan fingerprint density at radius 1 is 0.867 bits per heavy atom. The molecule has 1 aliphatic rings. The van der Waals surface area contributed by atoms with E-state index in [9.17, 15) is 0 Å². The molecule has 0 amide bonds. The normalized spacial score (nSPS) is 14.3. The lowest BCUT2D eigenvalue weighted by molar-refractivity contribution is 0.681. The summed E-state index contributed by atoms with van der Waals surface area (Å²) in [5.74, 6) is 0.884. The number of hydrogen-bond donors (Lipinski definition) is 0. The van der Waals surface area contributed by atoms with E-state index in [0.717, 1.165) is 5.92 Å². The van der Waals surface area contributed by atoms with Gasteiger partial charge in [-0.2, -0.15) is 0 Å². The maximum atomic E-state index is 2.22. The van der Waals surface area contributed by atoms with E-state index in [0.29, 0.717) is 0 Å². The van der Waals surface area contributed by atoms with E-state index in [2.05, 4.69) is 32.9 Å². The third-order valence-corrected chi connectivity index (χ3v) is 1.47. The van der Waals surface area contributed by atoms with Crippen molar-refractivity contribution in [2.75, 3.05) is 0 Å². The Hall–Kier alpha value is -0.260. The van der Waals surface area contributed by atoms with Gasteiger partial charge in [-0.05, 0) is 12.3 Å². The van der Waals surface area contributed by atoms with Crippen LogP contribution in [0.4, 0.5) is 0 Å². The van der Waals surface area contributed by atoms with Crippen molar-refractivity contribution in [2.24, 2.45) is 5.92 Å². The van der Waals surface area contributed by atoms with E-state index >= 15 is 0 Å². The molecule has 0 heteroatoms. The minimum absolute atomic E-state index is 0.884. The van der Waals surface area contributed by atoms with Crippen LogP contribution in [0.15, 0.2) is 12.2 Å². The molecule has 0 aromatic carbocycles. The molecule has 0 nitrogen and oxygen atoms in total. The highest BCUT2D eigenvalue weighted by molar-refractivity contribution is 4.99. The molecule has 0 bridgehead atoms. The molecule has 1 aliphatic carbocycles. The fourth-order valence-electron chi connectivity index (χ4n) is 0.408. The van der Waals surface area contributed by atoms with Gasteiger partial charge in [-0.1, -0.05) is 87.3 Å². The maximum absolute atomic E-state index is 2.22. The maximum Gasteiger partial charge on any atom is -0.0227 e. The molecule has 0 fully saturated rings. The lowest BCUT2D eigenvalue weighted by atomic mass is 9.98. The van der Waals surface area contributed by atoms with Gasteiger partial charge in [-0.3, -0.25) is 0 Å². The minimum Gasteiger partial charge on any atom is -0.0877 e. The Balaban J connectivity index is -0.0000000552. The van der Waals surface area contributed by atoms with Crippen LogP contribution < -0.4 is 0 Å². The Kier molecular flexibility index (Phi) is 59.9. The van der Waals surface area contributed by atoms with Crippen LogP contribution in [-0.2, 0) is 0 Å². The largest absolute Gasteiger partial charge is 0.0877 e. The van der Waals surface area contributed by atoms with Crippen molar-refractivity contribution in [2.45, 2.75) is 81.6 Å². The van der Waals surface area contributed by atoms with Gasteiger partial charge in [-0.25, -0.2) is 0 Å². The zero-order valence-electron chi connectivity index (χ0n) is 12.9. The minimum atomic E-state index is 0.884. The van der Waals surface area contributed by atoms with E-state index in [1.165, 1.54) is 19.3 Å². The summed E-state index contributed by atoms with van der Waals surface area (Å²) >= 11 is 0. The van der Waals surface area contributed by atoms with Crippen molar-refractivity contribution < 1.29 is 0 Å². The molecule has 0 saturated heterocycles. The predicted molar refractivity (Wildman–Crippen MR) is 77.5 cm³/mol. The van der Waals surface area contributed by atoms with Crippen molar-refractivity contribution >= 4 is 0 Å². The fraction of sp³-hybridized carbons (Fsp3) is 0.867. The van der Waals surface area contributed by atoms with Crippen LogP contribution >= 0.6 is 0 Å². The Bertz CT molecular complexity index is 70.1. The first kappa shape index (κ1) is 24.1. The first-order chi connectivity index (χ1) is 7.31. The van der Waals surface area contributed by atoms with Gasteiger partial charge in [0, 0.05) is 0 Å². The fourth-order valence-corrected chi connectivity index (χ4v) is 0.408. The number of hydrogen-bond acceptors (Lipinski definition) is 0. The first-order valence-electron chi connectivity index (χ1n) is 6.97. The van der Waals surface area contributed by atoms with Crippen molar-refractivity contribution in [1.29, 1.82) is 0 Å². The van der Waals surface area contributed by atoms with Crippen LogP contribution in [-0.4, -0.2) is 0 Å². The van der Waals surface area contributed by atoms with Crippen LogP contribution in [0, 0.1) is 5.92 Å². The summed E-state index contributed by atoms with van der Waals surface area (Å²) in [5, 5.41) is 0. The molecule has 0 unspecified atom stereocenters. The van der Waals surface area contributed by atoms with Crippen molar-refractivity contribution in [3.8, 4) is 0 Å². The summed E-state index contributed by atoms with van der Waals surface area (Å²) in [6, 6.07) is 0. The van der Waals surface area contributed by atoms with Gasteiger partial charge in [0.1, 0.15) is 0 Å². The first-order valence-corrected chi connectivity index (χ1v) is 6.97. The second kappa shape index (κ2) is 37.2. The highest BCUT2D eigenvalue weighted by Gasteiger charge is 1.98. The Morgan fingerprint density at radius 3 is 1.07 bits per heavy atom. The van der Waals surface area contributed by atoms with Crippen LogP contribution in [0.25, 0.3) is 0 Å². The van der Waals surface area contributed by atoms with Gasteiger partial charge in [0.15, 0.2) is 0 Å². The van der Waals surface area contributed by atoms with Gasteiger partial charge in [-0.15, -0.1) is 0 Å². The van der Waals surface area contributed by atoms with Gasteiger partial charge in [0.2, 0.25) is 0 Å². The average molecular weight is 216 g/mol. The quantitative estimate of drug-likeness (QED) is 0.441. The summed E-state index contributed by atoms with van der Waals surface area (Å²) in [4.78, 5) is 0. The highest BCUT2D eigenvalue weighted by atomic mass is 14.0. The van der Waals surface area contributed by atoms with Crippen molar-refractivity contribution in [3.63, 3.8) is 0 Å². The SMILES string of the molecule is CC.CC.CC.CCCC.C[C@H]1C=CC1. The van der Waals surface area contributed by atoms with E-state index in [1.807, 2.05) is 41.5 Å². The van der Waals surface area contributed by atoms with Gasteiger partial charge >= 0.3 is 0 Å². The van der Waals surface area contributed by atoms with E-state index in [1.54, 1.807) is 0 Å². The molecule has 0 N–H and O–H groups in total. The molecular formula is C15H36. The van der Waals surface area contributed by atoms with Gasteiger partial charge in [0.05, 0.1) is 0 Å². The summed E-state index contributed by atoms with van der Waals surface area (Å²) in [5.41, 5.74) is 0. The molecule has 96 valence electrons. The smallest absolute Gasteiger partial charge is 0.0227 e. The molecule has 0 heterocycles. The Labute approximate surface area is 100 Å². The third-order valence-electron chi connectivity index (χ3n) is 1.47. The lowest BCUT2D eigenvalue weighted by Gasteiger charge is -2.08. The van der Waals surface area contributed by atoms with E-state index in [-0.39, 0.29) is 0 Å². The average Bonchev–Trinajstić information content (AvgIpc) is 2.34. The summed E-state index contributed by atoms with van der Waals surface area (Å²) in [7, 11) is 0. The number of allylic oxidation sites excluding steroid dienone is 2. The number of unbranched alkanes of at least 4 members (excludes halogenated alkanes) is 1. The van der Waals surface area contributed by atoms with Crippen LogP contribution in [0.2, 0.25) is 0 Å². The monoisotopic (exact) mass is 216 g/mol. The molecule has 1 atom stereocenters. The van der Waals surface area contributed by atoms with Gasteiger partial charge in [0.25, 0.3) is 0 Å². The summed E-state index contributed by atoms with van der Waals surface area (Å²) in [6.07, 6.45) is 8.37. The van der Waals surface area contributed by atoms with Crippen LogP contribution in [0.3, 0.4) is 0 Å². The second-order valence-corrected chi connectivity index (χ2v) is 2.64.